The molecule has 0 aromatic carbocycles. The van der Waals surface area contributed by atoms with Crippen molar-refractivity contribution in [3.8, 4) is 0 Å². The summed E-state index contributed by atoms with van der Waals surface area (Å²) in [6, 6.07) is 0. The van der Waals surface area contributed by atoms with Gasteiger partial charge in [0, 0.05) is 26.0 Å². The average molecular weight is 243 g/mol. The van der Waals surface area contributed by atoms with Crippen molar-refractivity contribution in [3.05, 3.63) is 12.2 Å². The van der Waals surface area contributed by atoms with Gasteiger partial charge in [0.1, 0.15) is 0 Å². The number of esters is 1. The second-order valence-electron chi connectivity index (χ2n) is 4.09. The molecule has 0 aliphatic carbocycles. The van der Waals surface area contributed by atoms with Gasteiger partial charge in [-0.25, -0.2) is 4.79 Å². The lowest BCUT2D eigenvalue weighted by Crippen LogP contribution is -2.52. The molecule has 0 bridgehead atoms. The summed E-state index contributed by atoms with van der Waals surface area (Å²) in [6.45, 7) is 8.15. The summed E-state index contributed by atoms with van der Waals surface area (Å²) in [5.41, 5.74) is 0.178. The van der Waals surface area contributed by atoms with Crippen LogP contribution >= 0.6 is 0 Å². The van der Waals surface area contributed by atoms with Crippen LogP contribution in [0.1, 0.15) is 40.0 Å². The molecule has 0 radical (unpaired) electrons. The summed E-state index contributed by atoms with van der Waals surface area (Å²) in [5, 5.41) is 10.2. The van der Waals surface area contributed by atoms with Gasteiger partial charge in [0.15, 0.2) is 0 Å². The summed E-state index contributed by atoms with van der Waals surface area (Å²) < 4.78 is 4.95. The number of carbonyl (C=O) groups is 2. The number of hydrogen-bond acceptors (Lipinski definition) is 4. The van der Waals surface area contributed by atoms with Gasteiger partial charge in [0.2, 0.25) is 5.91 Å². The van der Waals surface area contributed by atoms with Crippen molar-refractivity contribution in [1.29, 1.82) is 0 Å². The van der Waals surface area contributed by atoms with Gasteiger partial charge in [-0.15, -0.1) is 0 Å². The van der Waals surface area contributed by atoms with Crippen molar-refractivity contribution < 1.29 is 19.4 Å². The van der Waals surface area contributed by atoms with Gasteiger partial charge >= 0.3 is 5.97 Å². The van der Waals surface area contributed by atoms with E-state index in [4.69, 9.17) is 4.74 Å². The monoisotopic (exact) mass is 243 g/mol. The molecule has 98 valence electrons. The fraction of sp³-hybridized carbons (Fsp3) is 0.667. The quantitative estimate of drug-likeness (QED) is 0.435. The van der Waals surface area contributed by atoms with Crippen molar-refractivity contribution in [2.24, 2.45) is 0 Å². The smallest absolute Gasteiger partial charge is 0.336 e. The van der Waals surface area contributed by atoms with Gasteiger partial charge < -0.3 is 9.84 Å². The minimum absolute atomic E-state index is 0.178. The molecule has 1 unspecified atom stereocenters. The second-order valence-corrected chi connectivity index (χ2v) is 4.09. The van der Waals surface area contributed by atoms with Crippen LogP contribution in [-0.4, -0.2) is 34.8 Å². The molecule has 0 saturated carbocycles. The Morgan fingerprint density at radius 3 is 2.29 bits per heavy atom. The number of unbranched alkanes of at least 4 members (excludes halogenated alkanes) is 1. The van der Waals surface area contributed by atoms with Crippen LogP contribution < -0.4 is 0 Å². The number of rotatable bonds is 6. The summed E-state index contributed by atoms with van der Waals surface area (Å²) in [7, 11) is 1.39. The van der Waals surface area contributed by atoms with E-state index in [1.807, 2.05) is 6.92 Å². The molecule has 5 nitrogen and oxygen atoms in total. The Morgan fingerprint density at radius 2 is 1.94 bits per heavy atom. The highest BCUT2D eigenvalue weighted by atomic mass is 16.7. The number of carbonyl (C=O) groups excluding carboxylic acids is 2. The lowest BCUT2D eigenvalue weighted by Gasteiger charge is -2.35. The first-order valence-corrected chi connectivity index (χ1v) is 5.60. The molecular weight excluding hydrogens is 222 g/mol. The highest BCUT2D eigenvalue weighted by molar-refractivity contribution is 5.87. The van der Waals surface area contributed by atoms with E-state index < -0.39 is 11.9 Å². The number of hydrogen-bond donors (Lipinski definition) is 1. The third-order valence-electron chi connectivity index (χ3n) is 2.46. The predicted octanol–water partition coefficient (Wildman–Crippen LogP) is 1.42. The molecule has 0 aliphatic heterocycles. The molecule has 17 heavy (non-hydrogen) atoms. The van der Waals surface area contributed by atoms with Gasteiger partial charge in [-0.2, -0.15) is 0 Å². The number of ether oxygens (including phenoxy) is 1. The first-order chi connectivity index (χ1) is 7.74. The van der Waals surface area contributed by atoms with Crippen molar-refractivity contribution >= 4 is 11.9 Å². The lowest BCUT2D eigenvalue weighted by atomic mass is 10.2. The van der Waals surface area contributed by atoms with E-state index in [1.165, 1.54) is 20.9 Å². The number of nitrogens with zero attached hydrogens (tertiary/aromatic N) is 1. The normalized spacial score (nSPS) is 13.7. The van der Waals surface area contributed by atoms with Gasteiger partial charge in [-0.05, 0) is 13.3 Å². The summed E-state index contributed by atoms with van der Waals surface area (Å²) in [5.74, 6) is -2.98. The molecular formula is C12H21NO4. The first kappa shape index (κ1) is 15.6. The zero-order valence-electron chi connectivity index (χ0n) is 10.9. The van der Waals surface area contributed by atoms with Crippen LogP contribution in [0, 0.1) is 0 Å². The SMILES string of the molecule is C=C(C)C(=O)OC(O)(CCCC)N(C)C(C)=O. The third-order valence-corrected chi connectivity index (χ3v) is 2.46. The van der Waals surface area contributed by atoms with Crippen molar-refractivity contribution in [1.82, 2.24) is 4.90 Å². The lowest BCUT2D eigenvalue weighted by molar-refractivity contribution is -0.267. The first-order valence-electron chi connectivity index (χ1n) is 5.60. The maximum atomic E-state index is 11.4. The Bertz CT molecular complexity index is 314. The van der Waals surface area contributed by atoms with E-state index in [0.717, 1.165) is 11.3 Å². The maximum absolute atomic E-state index is 11.4. The van der Waals surface area contributed by atoms with Gasteiger partial charge in [-0.3, -0.25) is 9.69 Å². The fourth-order valence-electron chi connectivity index (χ4n) is 1.18. The molecule has 0 fully saturated rings. The Labute approximate surface area is 102 Å². The molecule has 0 aromatic heterocycles. The van der Waals surface area contributed by atoms with Crippen LogP contribution in [0.15, 0.2) is 12.2 Å². The minimum atomic E-state index is -1.89. The molecule has 0 rings (SSSR count). The standard InChI is InChI=1S/C12H21NO4/c1-6-7-8-12(16,13(5)10(4)14)17-11(15)9(2)3/h16H,2,6-8H2,1,3-5H3. The predicted molar refractivity (Wildman–Crippen MR) is 63.8 cm³/mol. The van der Waals surface area contributed by atoms with Crippen LogP contribution in [0.4, 0.5) is 0 Å². The van der Waals surface area contributed by atoms with Crippen molar-refractivity contribution in [2.75, 3.05) is 7.05 Å². The van der Waals surface area contributed by atoms with Gasteiger partial charge in [0.25, 0.3) is 5.91 Å². The van der Waals surface area contributed by atoms with Crippen LogP contribution in [0.2, 0.25) is 0 Å². The highest BCUT2D eigenvalue weighted by Crippen LogP contribution is 2.21. The number of aliphatic hydroxyl groups is 1. The maximum Gasteiger partial charge on any atom is 0.336 e. The molecule has 0 aliphatic rings. The van der Waals surface area contributed by atoms with Crippen LogP contribution in [-0.2, 0) is 14.3 Å². The molecule has 0 saturated heterocycles. The Kier molecular flexibility index (Phi) is 5.88. The van der Waals surface area contributed by atoms with Gasteiger partial charge in [-0.1, -0.05) is 19.9 Å². The van der Waals surface area contributed by atoms with E-state index in [0.29, 0.717) is 6.42 Å². The fourth-order valence-corrected chi connectivity index (χ4v) is 1.18. The van der Waals surface area contributed by atoms with Crippen LogP contribution in [0.25, 0.3) is 0 Å². The zero-order chi connectivity index (χ0) is 13.6. The summed E-state index contributed by atoms with van der Waals surface area (Å²) in [4.78, 5) is 23.7. The largest absolute Gasteiger partial charge is 0.410 e. The van der Waals surface area contributed by atoms with E-state index in [-0.39, 0.29) is 17.9 Å². The Balaban J connectivity index is 4.89. The van der Waals surface area contributed by atoms with E-state index in [9.17, 15) is 14.7 Å². The molecule has 0 spiro atoms. The van der Waals surface area contributed by atoms with E-state index >= 15 is 0 Å². The van der Waals surface area contributed by atoms with Crippen LogP contribution in [0.5, 0.6) is 0 Å². The van der Waals surface area contributed by atoms with E-state index in [2.05, 4.69) is 6.58 Å². The average Bonchev–Trinajstić information content (AvgIpc) is 2.24. The van der Waals surface area contributed by atoms with Crippen LogP contribution in [0.3, 0.4) is 0 Å². The Morgan fingerprint density at radius 1 is 1.41 bits per heavy atom. The second kappa shape index (κ2) is 6.39. The molecule has 0 heterocycles. The number of amides is 1. The third kappa shape index (κ3) is 4.56. The molecule has 5 heteroatoms. The molecule has 1 atom stereocenters. The topological polar surface area (TPSA) is 66.8 Å². The van der Waals surface area contributed by atoms with Crippen molar-refractivity contribution in [3.63, 3.8) is 0 Å². The summed E-state index contributed by atoms with van der Waals surface area (Å²) in [6.07, 6.45) is 1.63. The summed E-state index contributed by atoms with van der Waals surface area (Å²) >= 11 is 0. The van der Waals surface area contributed by atoms with E-state index in [1.54, 1.807) is 0 Å². The Hall–Kier alpha value is -1.36. The van der Waals surface area contributed by atoms with Crippen molar-refractivity contribution in [2.45, 2.75) is 45.9 Å². The zero-order valence-corrected chi connectivity index (χ0v) is 10.9. The molecule has 1 amide bonds. The highest BCUT2D eigenvalue weighted by Gasteiger charge is 2.37. The minimum Gasteiger partial charge on any atom is -0.410 e. The molecule has 0 aromatic rings. The van der Waals surface area contributed by atoms with Gasteiger partial charge in [0.05, 0.1) is 0 Å². The molecule has 1 N–H and O–H groups in total.